The van der Waals surface area contributed by atoms with E-state index in [4.69, 9.17) is 15.2 Å². The van der Waals surface area contributed by atoms with E-state index in [1.165, 1.54) is 0 Å². The summed E-state index contributed by atoms with van der Waals surface area (Å²) in [5.41, 5.74) is 6.93. The normalized spacial score (nSPS) is 12.3. The molecule has 0 aromatic heterocycles. The number of benzene rings is 2. The number of nitrogens with one attached hydrogen (secondary N) is 2. The highest BCUT2D eigenvalue weighted by molar-refractivity contribution is 5.92. The van der Waals surface area contributed by atoms with Crippen molar-refractivity contribution in [1.29, 1.82) is 0 Å². The summed E-state index contributed by atoms with van der Waals surface area (Å²) in [4.78, 5) is 48.9. The van der Waals surface area contributed by atoms with Gasteiger partial charge in [-0.15, -0.1) is 0 Å². The van der Waals surface area contributed by atoms with Gasteiger partial charge in [0.1, 0.15) is 25.3 Å². The summed E-state index contributed by atoms with van der Waals surface area (Å²) in [6, 6.07) is 15.8. The molecule has 33 heavy (non-hydrogen) atoms. The molecule has 3 amide bonds. The second-order valence-corrected chi connectivity index (χ2v) is 7.74. The monoisotopic (exact) mass is 455 g/mol. The van der Waals surface area contributed by atoms with Crippen molar-refractivity contribution < 1.29 is 28.7 Å². The van der Waals surface area contributed by atoms with E-state index in [-0.39, 0.29) is 19.1 Å². The van der Waals surface area contributed by atoms with Crippen LogP contribution in [0.3, 0.4) is 0 Å². The Balaban J connectivity index is 1.89. The number of rotatable bonds is 11. The van der Waals surface area contributed by atoms with E-state index in [9.17, 15) is 19.2 Å². The highest BCUT2D eigenvalue weighted by Gasteiger charge is 2.30. The van der Waals surface area contributed by atoms with Crippen molar-refractivity contribution in [3.8, 4) is 0 Å². The molecule has 2 rings (SSSR count). The van der Waals surface area contributed by atoms with E-state index in [2.05, 4.69) is 10.6 Å². The van der Waals surface area contributed by atoms with Gasteiger partial charge in [-0.2, -0.15) is 0 Å². The predicted octanol–water partition coefficient (Wildman–Crippen LogP) is 2.04. The number of alkyl carbamates (subject to hydrolysis) is 1. The maximum absolute atomic E-state index is 12.7. The molecule has 0 spiro atoms. The van der Waals surface area contributed by atoms with Crippen LogP contribution >= 0.6 is 0 Å². The number of ether oxygens (including phenoxy) is 2. The number of esters is 1. The molecule has 0 aliphatic rings. The molecule has 2 aromatic rings. The maximum atomic E-state index is 12.7. The standard InChI is InChI=1S/C24H29N3O6/c1-16(2)21(27-24(31)33-15-18-11-7-4-8-12-18)23(30)26-19(22(25)29)13-20(28)32-14-17-9-5-3-6-10-17/h3-12,16,19,21H,13-15H2,1-2H3,(H2,25,29)(H,26,30)(H,27,31)/t19-,21+/m0/s1. The van der Waals surface area contributed by atoms with Crippen molar-refractivity contribution in [3.63, 3.8) is 0 Å². The third kappa shape index (κ3) is 9.02. The van der Waals surface area contributed by atoms with Gasteiger partial charge in [0.05, 0.1) is 6.42 Å². The lowest BCUT2D eigenvalue weighted by atomic mass is 10.0. The van der Waals surface area contributed by atoms with Gasteiger partial charge >= 0.3 is 12.1 Å². The van der Waals surface area contributed by atoms with Crippen LogP contribution in [0.15, 0.2) is 60.7 Å². The first-order valence-corrected chi connectivity index (χ1v) is 10.5. The number of nitrogens with two attached hydrogens (primary N) is 1. The third-order valence-electron chi connectivity index (χ3n) is 4.71. The fraction of sp³-hybridized carbons (Fsp3) is 0.333. The Labute approximate surface area is 192 Å². The Hall–Kier alpha value is -3.88. The van der Waals surface area contributed by atoms with Crippen molar-refractivity contribution in [2.75, 3.05) is 0 Å². The van der Waals surface area contributed by atoms with E-state index in [0.717, 1.165) is 11.1 Å². The quantitative estimate of drug-likeness (QED) is 0.444. The molecule has 0 unspecified atom stereocenters. The van der Waals surface area contributed by atoms with Crippen molar-refractivity contribution in [2.45, 2.75) is 45.6 Å². The minimum Gasteiger partial charge on any atom is -0.461 e. The van der Waals surface area contributed by atoms with Crippen LogP contribution in [0.1, 0.15) is 31.4 Å². The first-order valence-electron chi connectivity index (χ1n) is 10.5. The van der Waals surface area contributed by atoms with Crippen molar-refractivity contribution in [2.24, 2.45) is 11.7 Å². The van der Waals surface area contributed by atoms with Crippen LogP contribution in [0.4, 0.5) is 4.79 Å². The van der Waals surface area contributed by atoms with Gasteiger partial charge in [0, 0.05) is 0 Å². The summed E-state index contributed by atoms with van der Waals surface area (Å²) in [5.74, 6) is -2.58. The van der Waals surface area contributed by atoms with E-state index in [1.807, 2.05) is 24.3 Å². The number of amides is 3. The van der Waals surface area contributed by atoms with Gasteiger partial charge in [-0.3, -0.25) is 14.4 Å². The zero-order valence-electron chi connectivity index (χ0n) is 18.7. The average Bonchev–Trinajstić information content (AvgIpc) is 2.80. The lowest BCUT2D eigenvalue weighted by molar-refractivity contribution is -0.147. The largest absolute Gasteiger partial charge is 0.461 e. The summed E-state index contributed by atoms with van der Waals surface area (Å²) < 4.78 is 10.3. The molecule has 9 nitrogen and oxygen atoms in total. The molecule has 0 bridgehead atoms. The van der Waals surface area contributed by atoms with E-state index in [1.54, 1.807) is 50.2 Å². The minimum atomic E-state index is -1.29. The molecule has 2 atom stereocenters. The molecule has 0 radical (unpaired) electrons. The highest BCUT2D eigenvalue weighted by atomic mass is 16.5. The zero-order chi connectivity index (χ0) is 24.2. The maximum Gasteiger partial charge on any atom is 0.408 e. The molecule has 0 fully saturated rings. The number of hydrogen-bond acceptors (Lipinski definition) is 6. The summed E-state index contributed by atoms with van der Waals surface area (Å²) in [5, 5.41) is 4.91. The number of carbonyl (C=O) groups is 4. The average molecular weight is 456 g/mol. The number of primary amides is 1. The van der Waals surface area contributed by atoms with Gasteiger partial charge in [0.15, 0.2) is 0 Å². The van der Waals surface area contributed by atoms with Crippen LogP contribution in [-0.2, 0) is 37.1 Å². The molecule has 9 heteroatoms. The number of hydrogen-bond donors (Lipinski definition) is 3. The fourth-order valence-corrected chi connectivity index (χ4v) is 2.87. The van der Waals surface area contributed by atoms with Gasteiger partial charge in [0.2, 0.25) is 11.8 Å². The van der Waals surface area contributed by atoms with E-state index < -0.39 is 42.4 Å². The van der Waals surface area contributed by atoms with Crippen LogP contribution in [0.25, 0.3) is 0 Å². The van der Waals surface area contributed by atoms with Gasteiger partial charge in [-0.05, 0) is 17.0 Å². The lowest BCUT2D eigenvalue weighted by Crippen LogP contribution is -2.55. The molecule has 4 N–H and O–H groups in total. The topological polar surface area (TPSA) is 137 Å². The molecule has 0 saturated carbocycles. The van der Waals surface area contributed by atoms with Crippen molar-refractivity contribution >= 4 is 23.9 Å². The highest BCUT2D eigenvalue weighted by Crippen LogP contribution is 2.07. The first-order chi connectivity index (χ1) is 15.8. The molecule has 176 valence electrons. The fourth-order valence-electron chi connectivity index (χ4n) is 2.87. The summed E-state index contributed by atoms with van der Waals surface area (Å²) in [6.45, 7) is 3.50. The van der Waals surface area contributed by atoms with Gasteiger partial charge in [0.25, 0.3) is 0 Å². The van der Waals surface area contributed by atoms with Crippen molar-refractivity contribution in [1.82, 2.24) is 10.6 Å². The Morgan fingerprint density at radius 3 is 1.82 bits per heavy atom. The molecule has 0 aliphatic carbocycles. The summed E-state index contributed by atoms with van der Waals surface area (Å²) in [6.07, 6.45) is -1.22. The van der Waals surface area contributed by atoms with Crippen LogP contribution < -0.4 is 16.4 Å². The van der Waals surface area contributed by atoms with Gasteiger partial charge in [-0.25, -0.2) is 4.79 Å². The second kappa shape index (κ2) is 12.8. The molecule has 2 aromatic carbocycles. The number of carbonyl (C=O) groups excluding carboxylic acids is 4. The molecule has 0 heterocycles. The third-order valence-corrected chi connectivity index (χ3v) is 4.71. The predicted molar refractivity (Wildman–Crippen MR) is 120 cm³/mol. The van der Waals surface area contributed by atoms with Crippen LogP contribution in [0.5, 0.6) is 0 Å². The minimum absolute atomic E-state index is 0.0303. The Morgan fingerprint density at radius 1 is 0.818 bits per heavy atom. The van der Waals surface area contributed by atoms with Crippen LogP contribution in [-0.4, -0.2) is 36.0 Å². The smallest absolute Gasteiger partial charge is 0.408 e. The first kappa shape index (κ1) is 25.4. The Kier molecular flexibility index (Phi) is 9.88. The Bertz CT molecular complexity index is 934. The van der Waals surface area contributed by atoms with Gasteiger partial charge < -0.3 is 25.8 Å². The molecular weight excluding hydrogens is 426 g/mol. The molecule has 0 aliphatic heterocycles. The lowest BCUT2D eigenvalue weighted by Gasteiger charge is -2.24. The van der Waals surface area contributed by atoms with Crippen LogP contribution in [0.2, 0.25) is 0 Å². The van der Waals surface area contributed by atoms with E-state index in [0.29, 0.717) is 0 Å². The summed E-state index contributed by atoms with van der Waals surface area (Å²) in [7, 11) is 0. The molecule has 0 saturated heterocycles. The molecular formula is C24H29N3O6. The van der Waals surface area contributed by atoms with Crippen molar-refractivity contribution in [3.05, 3.63) is 71.8 Å². The SMILES string of the molecule is CC(C)[C@@H](NC(=O)OCc1ccccc1)C(=O)N[C@@H](CC(=O)OCc1ccccc1)C(N)=O. The van der Waals surface area contributed by atoms with Gasteiger partial charge in [-0.1, -0.05) is 74.5 Å². The Morgan fingerprint density at radius 2 is 1.33 bits per heavy atom. The second-order valence-electron chi connectivity index (χ2n) is 7.74. The zero-order valence-corrected chi connectivity index (χ0v) is 18.7. The summed E-state index contributed by atoms with van der Waals surface area (Å²) >= 11 is 0. The van der Waals surface area contributed by atoms with E-state index >= 15 is 0 Å². The van der Waals surface area contributed by atoms with Crippen LogP contribution in [0, 0.1) is 5.92 Å².